The third-order valence-corrected chi connectivity index (χ3v) is 6.20. The van der Waals surface area contributed by atoms with E-state index in [4.69, 9.17) is 4.74 Å². The Labute approximate surface area is 172 Å². The summed E-state index contributed by atoms with van der Waals surface area (Å²) in [6.07, 6.45) is 1.72. The van der Waals surface area contributed by atoms with Gasteiger partial charge in [-0.15, -0.1) is 0 Å². The van der Waals surface area contributed by atoms with E-state index in [1.165, 1.54) is 4.31 Å². The van der Waals surface area contributed by atoms with Crippen molar-refractivity contribution in [3.05, 3.63) is 59.2 Å². The Hall–Kier alpha value is -2.54. The summed E-state index contributed by atoms with van der Waals surface area (Å²) in [6, 6.07) is 12.9. The Balaban J connectivity index is 1.87. The van der Waals surface area contributed by atoms with Crippen LogP contribution in [0, 0.1) is 13.8 Å². The van der Waals surface area contributed by atoms with Crippen molar-refractivity contribution in [2.45, 2.75) is 45.8 Å². The first-order valence-corrected chi connectivity index (χ1v) is 11.4. The van der Waals surface area contributed by atoms with Crippen molar-refractivity contribution >= 4 is 21.6 Å². The summed E-state index contributed by atoms with van der Waals surface area (Å²) < 4.78 is 32.2. The van der Waals surface area contributed by atoms with Crippen molar-refractivity contribution in [2.75, 3.05) is 17.1 Å². The monoisotopic (exact) mass is 416 g/mol. The van der Waals surface area contributed by atoms with Gasteiger partial charge in [0.1, 0.15) is 17.9 Å². The molecule has 0 aromatic heterocycles. The molecule has 29 heavy (non-hydrogen) atoms. The Kier molecular flexibility index (Phi) is 5.63. The molecule has 156 valence electrons. The molecule has 0 bridgehead atoms. The summed E-state index contributed by atoms with van der Waals surface area (Å²) in [4.78, 5) is 12.9. The van der Waals surface area contributed by atoms with Crippen LogP contribution in [0.5, 0.6) is 5.75 Å². The van der Waals surface area contributed by atoms with Crippen molar-refractivity contribution in [2.24, 2.45) is 0 Å². The molecule has 1 amide bonds. The van der Waals surface area contributed by atoms with E-state index in [1.807, 2.05) is 70.2 Å². The fourth-order valence-corrected chi connectivity index (χ4v) is 4.83. The van der Waals surface area contributed by atoms with Gasteiger partial charge in [0, 0.05) is 12.0 Å². The molecule has 2 aromatic rings. The fourth-order valence-electron chi connectivity index (χ4n) is 3.86. The number of anilines is 1. The number of carbonyl (C=O) groups excluding carboxylic acids is 1. The van der Waals surface area contributed by atoms with Crippen molar-refractivity contribution in [3.8, 4) is 5.75 Å². The van der Waals surface area contributed by atoms with Gasteiger partial charge in [-0.2, -0.15) is 0 Å². The van der Waals surface area contributed by atoms with Crippen LogP contribution in [-0.2, 0) is 14.8 Å². The minimum atomic E-state index is -3.63. The Morgan fingerprint density at radius 1 is 1.14 bits per heavy atom. The summed E-state index contributed by atoms with van der Waals surface area (Å²) in [6.45, 7) is 7.36. The van der Waals surface area contributed by atoms with Crippen LogP contribution in [0.4, 0.5) is 5.69 Å². The number of rotatable bonds is 5. The predicted molar refractivity (Wildman–Crippen MR) is 115 cm³/mol. The van der Waals surface area contributed by atoms with Crippen LogP contribution in [0.2, 0.25) is 0 Å². The second-order valence-electron chi connectivity index (χ2n) is 8.23. The quantitative estimate of drug-likeness (QED) is 0.810. The molecule has 0 radical (unpaired) electrons. The Morgan fingerprint density at radius 2 is 1.76 bits per heavy atom. The maximum atomic E-state index is 12.9. The van der Waals surface area contributed by atoms with Gasteiger partial charge < -0.3 is 10.1 Å². The van der Waals surface area contributed by atoms with Gasteiger partial charge in [0.25, 0.3) is 0 Å². The molecule has 0 fully saturated rings. The summed E-state index contributed by atoms with van der Waals surface area (Å²) in [5, 5.41) is 3.02. The zero-order valence-electron chi connectivity index (χ0n) is 17.5. The van der Waals surface area contributed by atoms with E-state index >= 15 is 0 Å². The van der Waals surface area contributed by atoms with Gasteiger partial charge >= 0.3 is 0 Å². The molecule has 3 rings (SSSR count). The van der Waals surface area contributed by atoms with E-state index < -0.39 is 15.6 Å². The highest BCUT2D eigenvalue weighted by atomic mass is 32.2. The number of carbonyl (C=O) groups is 1. The average Bonchev–Trinajstić information content (AvgIpc) is 2.59. The zero-order chi connectivity index (χ0) is 21.4. The van der Waals surface area contributed by atoms with Gasteiger partial charge in [-0.3, -0.25) is 9.10 Å². The topological polar surface area (TPSA) is 75.7 Å². The van der Waals surface area contributed by atoms with E-state index in [0.717, 1.165) is 28.7 Å². The second-order valence-corrected chi connectivity index (χ2v) is 10.1. The number of hydrogen-bond acceptors (Lipinski definition) is 4. The molecule has 0 saturated carbocycles. The molecule has 2 aromatic carbocycles. The molecule has 1 heterocycles. The third-order valence-electron chi connectivity index (χ3n) is 5.09. The summed E-state index contributed by atoms with van der Waals surface area (Å²) >= 11 is 0. The minimum absolute atomic E-state index is 0.248. The third kappa shape index (κ3) is 4.72. The molecule has 1 N–H and O–H groups in total. The number of nitrogens with zero attached hydrogens (tertiary/aromatic N) is 1. The molecule has 0 saturated heterocycles. The fraction of sp³-hybridized carbons (Fsp3) is 0.409. The lowest BCUT2D eigenvalue weighted by Gasteiger charge is -2.38. The van der Waals surface area contributed by atoms with Crippen LogP contribution in [0.3, 0.4) is 0 Å². The van der Waals surface area contributed by atoms with Crippen LogP contribution in [-0.4, -0.2) is 32.7 Å². The van der Waals surface area contributed by atoms with E-state index in [-0.39, 0.29) is 18.5 Å². The van der Waals surface area contributed by atoms with Crippen molar-refractivity contribution in [1.29, 1.82) is 0 Å². The van der Waals surface area contributed by atoms with Gasteiger partial charge in [0.2, 0.25) is 15.9 Å². The molecular formula is C22H28N2O4S. The van der Waals surface area contributed by atoms with Gasteiger partial charge in [-0.25, -0.2) is 8.42 Å². The van der Waals surface area contributed by atoms with Crippen LogP contribution in [0.15, 0.2) is 42.5 Å². The predicted octanol–water partition coefficient (Wildman–Crippen LogP) is 3.49. The van der Waals surface area contributed by atoms with Gasteiger partial charge in [-0.1, -0.05) is 36.4 Å². The molecule has 6 nitrogen and oxygen atoms in total. The zero-order valence-corrected chi connectivity index (χ0v) is 18.3. The highest BCUT2D eigenvalue weighted by molar-refractivity contribution is 7.92. The minimum Gasteiger partial charge on any atom is -0.487 e. The first-order valence-electron chi connectivity index (χ1n) is 9.59. The van der Waals surface area contributed by atoms with E-state index in [9.17, 15) is 13.2 Å². The lowest BCUT2D eigenvalue weighted by atomic mass is 9.89. The van der Waals surface area contributed by atoms with Crippen LogP contribution >= 0.6 is 0 Å². The van der Waals surface area contributed by atoms with E-state index in [2.05, 4.69) is 5.32 Å². The first kappa shape index (κ1) is 21.2. The largest absolute Gasteiger partial charge is 0.487 e. The first-order chi connectivity index (χ1) is 13.5. The van der Waals surface area contributed by atoms with Gasteiger partial charge in [0.05, 0.1) is 18.0 Å². The maximum Gasteiger partial charge on any atom is 0.241 e. The van der Waals surface area contributed by atoms with Crippen molar-refractivity contribution < 1.29 is 17.9 Å². The molecule has 1 atom stereocenters. The molecule has 0 unspecified atom stereocenters. The standard InChI is InChI=1S/C22H28N2O4S/c1-15-9-8-10-16(2)21(15)24(29(5,26)27)14-20(25)23-18-13-22(3,4)28-19-12-7-6-11-17(18)19/h6-12,18H,13-14H2,1-5H3,(H,23,25)/t18-/m0/s1. The summed E-state index contributed by atoms with van der Waals surface area (Å²) in [5.41, 5.74) is 2.63. The molecule has 0 spiro atoms. The number of benzene rings is 2. The van der Waals surface area contributed by atoms with Crippen molar-refractivity contribution in [3.63, 3.8) is 0 Å². The molecule has 1 aliphatic heterocycles. The number of amides is 1. The summed E-state index contributed by atoms with van der Waals surface area (Å²) in [5.74, 6) is 0.388. The molecule has 1 aliphatic rings. The maximum absolute atomic E-state index is 12.9. The van der Waals surface area contributed by atoms with Crippen LogP contribution in [0.25, 0.3) is 0 Å². The Bertz CT molecular complexity index is 1010. The SMILES string of the molecule is Cc1cccc(C)c1N(CC(=O)N[C@H]1CC(C)(C)Oc2ccccc21)S(C)(=O)=O. The van der Waals surface area contributed by atoms with E-state index in [1.54, 1.807) is 0 Å². The lowest BCUT2D eigenvalue weighted by molar-refractivity contribution is -0.120. The Morgan fingerprint density at radius 3 is 2.38 bits per heavy atom. The number of hydrogen-bond donors (Lipinski definition) is 1. The lowest BCUT2D eigenvalue weighted by Crippen LogP contribution is -2.45. The average molecular weight is 417 g/mol. The molecule has 0 aliphatic carbocycles. The number of para-hydroxylation sites is 2. The van der Waals surface area contributed by atoms with Gasteiger partial charge in [-0.05, 0) is 44.9 Å². The molecular weight excluding hydrogens is 388 g/mol. The highest BCUT2D eigenvalue weighted by Gasteiger charge is 2.35. The normalized spacial score (nSPS) is 17.8. The molecule has 7 heteroatoms. The second kappa shape index (κ2) is 7.71. The summed E-state index contributed by atoms with van der Waals surface area (Å²) in [7, 11) is -3.63. The highest BCUT2D eigenvalue weighted by Crippen LogP contribution is 2.39. The smallest absolute Gasteiger partial charge is 0.241 e. The number of nitrogens with one attached hydrogen (secondary N) is 1. The van der Waals surface area contributed by atoms with E-state index in [0.29, 0.717) is 12.1 Å². The van der Waals surface area contributed by atoms with Crippen molar-refractivity contribution in [1.82, 2.24) is 5.32 Å². The number of sulfonamides is 1. The van der Waals surface area contributed by atoms with Gasteiger partial charge in [0.15, 0.2) is 0 Å². The number of ether oxygens (including phenoxy) is 1. The number of fused-ring (bicyclic) bond motifs is 1. The van der Waals surface area contributed by atoms with Crippen LogP contribution < -0.4 is 14.4 Å². The van der Waals surface area contributed by atoms with Crippen LogP contribution in [0.1, 0.15) is 43.0 Å². The number of aryl methyl sites for hydroxylation is 2.